The summed E-state index contributed by atoms with van der Waals surface area (Å²) in [4.78, 5) is 13.6. The molecule has 5 heteroatoms. The summed E-state index contributed by atoms with van der Waals surface area (Å²) < 4.78 is 5.33. The summed E-state index contributed by atoms with van der Waals surface area (Å²) in [7, 11) is 0. The number of phenolic OH excluding ortho intramolecular Hbond substituents is 2. The number of carbonyl (C=O) groups is 1. The van der Waals surface area contributed by atoms with Crippen LogP contribution in [0.4, 0.5) is 4.79 Å². The van der Waals surface area contributed by atoms with Crippen LogP contribution in [-0.4, -0.2) is 39.9 Å². The van der Waals surface area contributed by atoms with Crippen LogP contribution in [0, 0.1) is 0 Å². The maximum atomic E-state index is 12.0. The third-order valence-electron chi connectivity index (χ3n) is 3.22. The molecule has 0 unspecified atom stereocenters. The van der Waals surface area contributed by atoms with Gasteiger partial charge in [0.25, 0.3) is 0 Å². The maximum Gasteiger partial charge on any atom is 0.410 e. The molecule has 114 valence electrons. The number of nitrogens with zero attached hydrogens (tertiary/aromatic N) is 1. The van der Waals surface area contributed by atoms with Gasteiger partial charge in [-0.2, -0.15) is 0 Å². The molecule has 21 heavy (non-hydrogen) atoms. The molecule has 0 atom stereocenters. The fraction of sp³-hybridized carbons (Fsp3) is 0.438. The maximum absolute atomic E-state index is 12.0. The Bertz CT molecular complexity index is 572. The van der Waals surface area contributed by atoms with Gasteiger partial charge < -0.3 is 19.8 Å². The van der Waals surface area contributed by atoms with E-state index in [-0.39, 0.29) is 17.6 Å². The van der Waals surface area contributed by atoms with Crippen LogP contribution in [0.3, 0.4) is 0 Å². The van der Waals surface area contributed by atoms with Gasteiger partial charge in [-0.25, -0.2) is 4.79 Å². The molecule has 0 aliphatic carbocycles. The lowest BCUT2D eigenvalue weighted by Crippen LogP contribution is -2.39. The van der Waals surface area contributed by atoms with Crippen LogP contribution in [0.15, 0.2) is 24.3 Å². The lowest BCUT2D eigenvalue weighted by Gasteiger charge is -2.29. The molecule has 0 spiro atoms. The topological polar surface area (TPSA) is 70.0 Å². The molecule has 0 bridgehead atoms. The van der Waals surface area contributed by atoms with Crippen molar-refractivity contribution in [2.75, 3.05) is 13.1 Å². The number of hydrogen-bond donors (Lipinski definition) is 2. The van der Waals surface area contributed by atoms with Gasteiger partial charge in [0.2, 0.25) is 0 Å². The third kappa shape index (κ3) is 3.68. The predicted octanol–water partition coefficient (Wildman–Crippen LogP) is 3.12. The van der Waals surface area contributed by atoms with E-state index in [0.717, 1.165) is 5.57 Å². The Morgan fingerprint density at radius 3 is 2.57 bits per heavy atom. The van der Waals surface area contributed by atoms with Crippen molar-refractivity contribution in [3.05, 3.63) is 29.8 Å². The number of ether oxygens (including phenoxy) is 1. The zero-order chi connectivity index (χ0) is 15.6. The van der Waals surface area contributed by atoms with E-state index < -0.39 is 5.60 Å². The molecule has 0 radical (unpaired) electrons. The standard InChI is InChI=1S/C16H21NO4/c1-16(2,3)21-15(20)17-9-7-11(8-10-17)12-5-4-6-13(18)14(12)19/h4-7,18-19H,8-10H2,1-3H3. The normalized spacial score (nSPS) is 15.6. The molecular weight excluding hydrogens is 270 g/mol. The summed E-state index contributed by atoms with van der Waals surface area (Å²) in [5.74, 6) is -0.252. The van der Waals surface area contributed by atoms with E-state index in [9.17, 15) is 15.0 Å². The number of phenols is 2. The van der Waals surface area contributed by atoms with Crippen LogP contribution in [0.5, 0.6) is 11.5 Å². The Hall–Kier alpha value is -2.17. The highest BCUT2D eigenvalue weighted by atomic mass is 16.6. The molecule has 0 aromatic heterocycles. The second-order valence-corrected chi connectivity index (χ2v) is 6.08. The number of para-hydroxylation sites is 1. The summed E-state index contributed by atoms with van der Waals surface area (Å²) in [5.41, 5.74) is 1.02. The molecule has 1 amide bonds. The highest BCUT2D eigenvalue weighted by Crippen LogP contribution is 2.35. The molecule has 5 nitrogen and oxygen atoms in total. The van der Waals surface area contributed by atoms with Crippen LogP contribution in [0.1, 0.15) is 32.8 Å². The van der Waals surface area contributed by atoms with Gasteiger partial charge in [0.05, 0.1) is 0 Å². The van der Waals surface area contributed by atoms with E-state index >= 15 is 0 Å². The summed E-state index contributed by atoms with van der Waals surface area (Å²) >= 11 is 0. The zero-order valence-corrected chi connectivity index (χ0v) is 12.6. The van der Waals surface area contributed by atoms with Crippen LogP contribution < -0.4 is 0 Å². The lowest BCUT2D eigenvalue weighted by molar-refractivity contribution is 0.0270. The third-order valence-corrected chi connectivity index (χ3v) is 3.22. The Morgan fingerprint density at radius 1 is 1.29 bits per heavy atom. The van der Waals surface area contributed by atoms with E-state index in [0.29, 0.717) is 25.1 Å². The number of hydrogen-bond acceptors (Lipinski definition) is 4. The van der Waals surface area contributed by atoms with E-state index in [1.807, 2.05) is 26.8 Å². The van der Waals surface area contributed by atoms with Gasteiger partial charge in [-0.05, 0) is 38.8 Å². The summed E-state index contributed by atoms with van der Waals surface area (Å²) in [6.45, 7) is 6.46. The van der Waals surface area contributed by atoms with Crippen LogP contribution >= 0.6 is 0 Å². The molecule has 0 fully saturated rings. The molecule has 2 rings (SSSR count). The molecule has 1 aromatic carbocycles. The largest absolute Gasteiger partial charge is 0.504 e. The van der Waals surface area contributed by atoms with E-state index in [2.05, 4.69) is 0 Å². The molecule has 0 saturated carbocycles. The monoisotopic (exact) mass is 291 g/mol. The lowest BCUT2D eigenvalue weighted by atomic mass is 9.98. The Kier molecular flexibility index (Phi) is 4.11. The van der Waals surface area contributed by atoms with Crippen molar-refractivity contribution in [2.24, 2.45) is 0 Å². The number of benzene rings is 1. The fourth-order valence-electron chi connectivity index (χ4n) is 2.20. The number of carbonyl (C=O) groups excluding carboxylic acids is 1. The smallest absolute Gasteiger partial charge is 0.410 e. The minimum atomic E-state index is -0.509. The summed E-state index contributed by atoms with van der Waals surface area (Å²) in [5, 5.41) is 19.4. The molecule has 1 aliphatic rings. The van der Waals surface area contributed by atoms with Crippen molar-refractivity contribution >= 4 is 11.7 Å². The van der Waals surface area contributed by atoms with Crippen molar-refractivity contribution in [1.29, 1.82) is 0 Å². The van der Waals surface area contributed by atoms with Crippen molar-refractivity contribution in [2.45, 2.75) is 32.8 Å². The first-order valence-corrected chi connectivity index (χ1v) is 6.96. The molecule has 1 aromatic rings. The first kappa shape index (κ1) is 15.2. The van der Waals surface area contributed by atoms with Crippen LogP contribution in [-0.2, 0) is 4.74 Å². The van der Waals surface area contributed by atoms with Gasteiger partial charge in [-0.1, -0.05) is 18.2 Å². The fourth-order valence-corrected chi connectivity index (χ4v) is 2.20. The van der Waals surface area contributed by atoms with Gasteiger partial charge in [-0.3, -0.25) is 0 Å². The van der Waals surface area contributed by atoms with Gasteiger partial charge in [0.15, 0.2) is 11.5 Å². The van der Waals surface area contributed by atoms with Gasteiger partial charge in [-0.15, -0.1) is 0 Å². The Balaban J connectivity index is 2.09. The average molecular weight is 291 g/mol. The molecule has 1 aliphatic heterocycles. The first-order valence-electron chi connectivity index (χ1n) is 6.96. The quantitative estimate of drug-likeness (QED) is 0.780. The van der Waals surface area contributed by atoms with Crippen molar-refractivity contribution in [3.8, 4) is 11.5 Å². The number of rotatable bonds is 1. The summed E-state index contributed by atoms with van der Waals surface area (Å²) in [6.07, 6.45) is 2.15. The predicted molar refractivity (Wildman–Crippen MR) is 80.2 cm³/mol. The molecule has 2 N–H and O–H groups in total. The minimum absolute atomic E-state index is 0.116. The van der Waals surface area contributed by atoms with Gasteiger partial charge in [0, 0.05) is 18.7 Å². The highest BCUT2D eigenvalue weighted by Gasteiger charge is 2.24. The second kappa shape index (κ2) is 5.68. The van der Waals surface area contributed by atoms with Crippen LogP contribution in [0.2, 0.25) is 0 Å². The Labute approximate surface area is 124 Å². The van der Waals surface area contributed by atoms with Crippen molar-refractivity contribution in [3.63, 3.8) is 0 Å². The SMILES string of the molecule is CC(C)(C)OC(=O)N1CC=C(c2cccc(O)c2O)CC1. The van der Waals surface area contributed by atoms with Crippen molar-refractivity contribution in [1.82, 2.24) is 4.90 Å². The number of amides is 1. The average Bonchev–Trinajstić information content (AvgIpc) is 2.40. The van der Waals surface area contributed by atoms with Gasteiger partial charge in [0.1, 0.15) is 5.60 Å². The van der Waals surface area contributed by atoms with E-state index in [1.165, 1.54) is 6.07 Å². The van der Waals surface area contributed by atoms with E-state index in [1.54, 1.807) is 17.0 Å². The number of aromatic hydroxyl groups is 2. The van der Waals surface area contributed by atoms with Crippen molar-refractivity contribution < 1.29 is 19.7 Å². The van der Waals surface area contributed by atoms with Gasteiger partial charge >= 0.3 is 6.09 Å². The molecule has 1 heterocycles. The highest BCUT2D eigenvalue weighted by molar-refractivity contribution is 5.76. The second-order valence-electron chi connectivity index (χ2n) is 6.08. The van der Waals surface area contributed by atoms with Crippen LogP contribution in [0.25, 0.3) is 5.57 Å². The minimum Gasteiger partial charge on any atom is -0.504 e. The zero-order valence-electron chi connectivity index (χ0n) is 12.6. The van der Waals surface area contributed by atoms with E-state index in [4.69, 9.17) is 4.74 Å². The Morgan fingerprint density at radius 2 is 2.00 bits per heavy atom. The summed E-state index contributed by atoms with van der Waals surface area (Å²) in [6, 6.07) is 4.88. The molecule has 0 saturated heterocycles. The first-order chi connectivity index (χ1) is 9.78. The molecular formula is C16H21NO4.